The minimum absolute atomic E-state index is 0.106. The molecule has 4 unspecified atom stereocenters. The fourth-order valence-electron chi connectivity index (χ4n) is 3.03. The van der Waals surface area contributed by atoms with E-state index >= 15 is 0 Å². The summed E-state index contributed by atoms with van der Waals surface area (Å²) in [6.45, 7) is 5.04. The number of likely N-dealkylation sites (tertiary alicyclic amines) is 1. The van der Waals surface area contributed by atoms with Gasteiger partial charge in [-0.05, 0) is 38.5 Å². The Labute approximate surface area is 108 Å². The number of carbonyl (C=O) groups is 2. The van der Waals surface area contributed by atoms with Crippen LogP contribution in [0, 0.1) is 17.8 Å². The Morgan fingerprint density at radius 1 is 1.22 bits per heavy atom. The number of aliphatic carboxylic acids is 1. The van der Waals surface area contributed by atoms with Crippen LogP contribution in [0.15, 0.2) is 0 Å². The van der Waals surface area contributed by atoms with Gasteiger partial charge in [0.15, 0.2) is 0 Å². The van der Waals surface area contributed by atoms with Crippen LogP contribution in [0.5, 0.6) is 0 Å². The van der Waals surface area contributed by atoms with Crippen molar-refractivity contribution in [3.05, 3.63) is 0 Å². The lowest BCUT2D eigenvalue weighted by atomic mass is 10.0. The van der Waals surface area contributed by atoms with Gasteiger partial charge in [-0.3, -0.25) is 4.79 Å². The van der Waals surface area contributed by atoms with Crippen molar-refractivity contribution in [2.24, 2.45) is 17.8 Å². The minimum Gasteiger partial charge on any atom is -0.481 e. The molecule has 2 N–H and O–H groups in total. The van der Waals surface area contributed by atoms with Crippen molar-refractivity contribution in [2.45, 2.75) is 39.2 Å². The van der Waals surface area contributed by atoms with Crippen LogP contribution in [0.1, 0.15) is 33.1 Å². The van der Waals surface area contributed by atoms with Crippen molar-refractivity contribution in [1.82, 2.24) is 10.2 Å². The zero-order chi connectivity index (χ0) is 13.3. The zero-order valence-electron chi connectivity index (χ0n) is 11.1. The fourth-order valence-corrected chi connectivity index (χ4v) is 3.03. The third-order valence-electron chi connectivity index (χ3n) is 4.50. The van der Waals surface area contributed by atoms with Gasteiger partial charge < -0.3 is 15.3 Å². The van der Waals surface area contributed by atoms with Crippen molar-refractivity contribution in [3.8, 4) is 0 Å². The van der Waals surface area contributed by atoms with Crippen LogP contribution in [-0.2, 0) is 4.79 Å². The van der Waals surface area contributed by atoms with Gasteiger partial charge in [0.05, 0.1) is 5.92 Å². The number of hydrogen-bond acceptors (Lipinski definition) is 2. The summed E-state index contributed by atoms with van der Waals surface area (Å²) in [4.78, 5) is 24.7. The molecular formula is C13H22N2O3. The molecule has 0 aromatic rings. The molecule has 2 fully saturated rings. The highest BCUT2D eigenvalue weighted by molar-refractivity contribution is 5.77. The normalized spacial score (nSPS) is 29.8. The highest BCUT2D eigenvalue weighted by atomic mass is 16.4. The highest BCUT2D eigenvalue weighted by Gasteiger charge is 2.38. The summed E-state index contributed by atoms with van der Waals surface area (Å²) in [6.07, 6.45) is 3.75. The first-order chi connectivity index (χ1) is 8.49. The number of nitrogens with one attached hydrogen (secondary N) is 1. The minimum atomic E-state index is -0.874. The van der Waals surface area contributed by atoms with Gasteiger partial charge in [0.2, 0.25) is 0 Å². The number of fused-ring (bicyclic) bond motifs is 1. The molecule has 1 aliphatic carbocycles. The van der Waals surface area contributed by atoms with Crippen molar-refractivity contribution in [2.75, 3.05) is 13.1 Å². The molecule has 0 aromatic carbocycles. The molecule has 0 aromatic heterocycles. The molecule has 4 atom stereocenters. The highest BCUT2D eigenvalue weighted by Crippen LogP contribution is 2.37. The second kappa shape index (κ2) is 5.16. The number of nitrogens with zero attached hydrogens (tertiary/aromatic N) is 1. The van der Waals surface area contributed by atoms with E-state index < -0.39 is 11.9 Å². The molecule has 2 amide bonds. The van der Waals surface area contributed by atoms with Crippen LogP contribution in [0.4, 0.5) is 4.79 Å². The number of carboxylic acids is 1. The Bertz CT molecular complexity index is 333. The van der Waals surface area contributed by atoms with Crippen molar-refractivity contribution < 1.29 is 14.7 Å². The zero-order valence-corrected chi connectivity index (χ0v) is 11.1. The van der Waals surface area contributed by atoms with E-state index in [-0.39, 0.29) is 12.1 Å². The molecule has 102 valence electrons. The molecule has 0 radical (unpaired) electrons. The van der Waals surface area contributed by atoms with Crippen molar-refractivity contribution >= 4 is 12.0 Å². The average Bonchev–Trinajstić information content (AvgIpc) is 2.87. The molecule has 1 aliphatic heterocycles. The van der Waals surface area contributed by atoms with Crippen LogP contribution >= 0.6 is 0 Å². The van der Waals surface area contributed by atoms with E-state index in [1.54, 1.807) is 13.8 Å². The number of rotatable bonds is 3. The summed E-state index contributed by atoms with van der Waals surface area (Å²) in [5, 5.41) is 11.7. The second-order valence-corrected chi connectivity index (χ2v) is 5.72. The number of hydrogen-bond donors (Lipinski definition) is 2. The Morgan fingerprint density at radius 2 is 1.78 bits per heavy atom. The van der Waals surface area contributed by atoms with Gasteiger partial charge >= 0.3 is 12.0 Å². The standard InChI is InChI=1S/C13H22N2O3/c1-8(12(16)17)9(2)14-13(18)15-6-10-4-3-5-11(10)7-15/h8-11H,3-7H2,1-2H3,(H,14,18)(H,16,17). The van der Waals surface area contributed by atoms with Crippen LogP contribution in [0.2, 0.25) is 0 Å². The summed E-state index contributed by atoms with van der Waals surface area (Å²) in [5.41, 5.74) is 0. The predicted octanol–water partition coefficient (Wildman–Crippen LogP) is 1.54. The van der Waals surface area contributed by atoms with Crippen molar-refractivity contribution in [1.29, 1.82) is 0 Å². The van der Waals surface area contributed by atoms with E-state index in [2.05, 4.69) is 5.32 Å². The van der Waals surface area contributed by atoms with Crippen LogP contribution < -0.4 is 5.32 Å². The SMILES string of the molecule is CC(NC(=O)N1CC2CCCC2C1)C(C)C(=O)O. The van der Waals surface area contributed by atoms with E-state index in [1.165, 1.54) is 19.3 Å². The molecular weight excluding hydrogens is 232 g/mol. The van der Waals surface area contributed by atoms with Gasteiger partial charge in [0.1, 0.15) is 0 Å². The Balaban J connectivity index is 1.84. The lowest BCUT2D eigenvalue weighted by Gasteiger charge is -2.23. The third kappa shape index (κ3) is 2.60. The molecule has 1 saturated carbocycles. The Kier molecular flexibility index (Phi) is 3.78. The topological polar surface area (TPSA) is 69.6 Å². The average molecular weight is 254 g/mol. The Morgan fingerprint density at radius 3 is 2.28 bits per heavy atom. The van der Waals surface area contributed by atoms with Gasteiger partial charge in [0, 0.05) is 19.1 Å². The fraction of sp³-hybridized carbons (Fsp3) is 0.846. The first-order valence-electron chi connectivity index (χ1n) is 6.77. The van der Waals surface area contributed by atoms with Crippen LogP contribution in [0.3, 0.4) is 0 Å². The first kappa shape index (κ1) is 13.2. The van der Waals surface area contributed by atoms with E-state index in [4.69, 9.17) is 5.11 Å². The number of carbonyl (C=O) groups excluding carboxylic acids is 1. The van der Waals surface area contributed by atoms with E-state index in [1.807, 2.05) is 4.90 Å². The smallest absolute Gasteiger partial charge is 0.317 e. The first-order valence-corrected chi connectivity index (χ1v) is 6.77. The molecule has 5 heteroatoms. The molecule has 1 saturated heterocycles. The lowest BCUT2D eigenvalue weighted by molar-refractivity contribution is -0.141. The van der Waals surface area contributed by atoms with Crippen LogP contribution in [-0.4, -0.2) is 41.1 Å². The van der Waals surface area contributed by atoms with E-state index in [0.717, 1.165) is 13.1 Å². The quantitative estimate of drug-likeness (QED) is 0.802. The summed E-state index contributed by atoms with van der Waals surface area (Å²) in [5.74, 6) is -0.0944. The van der Waals surface area contributed by atoms with Gasteiger partial charge in [-0.15, -0.1) is 0 Å². The van der Waals surface area contributed by atoms with Gasteiger partial charge in [0.25, 0.3) is 0 Å². The van der Waals surface area contributed by atoms with E-state index in [0.29, 0.717) is 11.8 Å². The third-order valence-corrected chi connectivity index (χ3v) is 4.50. The maximum Gasteiger partial charge on any atom is 0.317 e. The largest absolute Gasteiger partial charge is 0.481 e. The van der Waals surface area contributed by atoms with Gasteiger partial charge in [-0.25, -0.2) is 4.79 Å². The number of amides is 2. The molecule has 2 rings (SSSR count). The maximum absolute atomic E-state index is 12.0. The molecule has 2 aliphatic rings. The second-order valence-electron chi connectivity index (χ2n) is 5.72. The lowest BCUT2D eigenvalue weighted by Crippen LogP contribution is -2.46. The molecule has 18 heavy (non-hydrogen) atoms. The number of carboxylic acid groups (broad SMARTS) is 1. The van der Waals surface area contributed by atoms with Gasteiger partial charge in [-0.1, -0.05) is 6.42 Å². The Hall–Kier alpha value is -1.26. The van der Waals surface area contributed by atoms with Gasteiger partial charge in [-0.2, -0.15) is 0 Å². The molecule has 1 heterocycles. The summed E-state index contributed by atoms with van der Waals surface area (Å²) >= 11 is 0. The maximum atomic E-state index is 12.0. The molecule has 0 bridgehead atoms. The summed E-state index contributed by atoms with van der Waals surface area (Å²) in [6, 6.07) is -0.444. The monoisotopic (exact) mass is 254 g/mol. The predicted molar refractivity (Wildman–Crippen MR) is 67.2 cm³/mol. The van der Waals surface area contributed by atoms with Crippen molar-refractivity contribution in [3.63, 3.8) is 0 Å². The van der Waals surface area contributed by atoms with Crippen LogP contribution in [0.25, 0.3) is 0 Å². The van der Waals surface area contributed by atoms with E-state index in [9.17, 15) is 9.59 Å². The number of urea groups is 1. The molecule has 0 spiro atoms. The summed E-state index contributed by atoms with van der Waals surface area (Å²) in [7, 11) is 0. The molecule has 5 nitrogen and oxygen atoms in total. The summed E-state index contributed by atoms with van der Waals surface area (Å²) < 4.78 is 0.